The van der Waals surface area contributed by atoms with E-state index in [-0.39, 0.29) is 17.9 Å². The van der Waals surface area contributed by atoms with Crippen LogP contribution in [-0.2, 0) is 21.5 Å². The van der Waals surface area contributed by atoms with Crippen LogP contribution in [0.5, 0.6) is 11.5 Å². The molecular formula is C25H30N2O4. The molecule has 0 saturated carbocycles. The highest BCUT2D eigenvalue weighted by atomic mass is 16.5. The molecular weight excluding hydrogens is 392 g/mol. The maximum atomic E-state index is 12.8. The molecule has 0 bridgehead atoms. The third-order valence-corrected chi connectivity index (χ3v) is 6.14. The molecule has 1 amide bonds. The third-order valence-electron chi connectivity index (χ3n) is 6.14. The molecule has 1 aliphatic rings. The van der Waals surface area contributed by atoms with E-state index in [9.17, 15) is 4.79 Å². The van der Waals surface area contributed by atoms with Crippen LogP contribution in [0.1, 0.15) is 25.3 Å². The summed E-state index contributed by atoms with van der Waals surface area (Å²) in [5.41, 5.74) is 2.12. The van der Waals surface area contributed by atoms with Gasteiger partial charge in [0.15, 0.2) is 0 Å². The van der Waals surface area contributed by atoms with Crippen LogP contribution >= 0.6 is 0 Å². The minimum Gasteiger partial charge on any atom is -0.497 e. The van der Waals surface area contributed by atoms with Gasteiger partial charge in [0.2, 0.25) is 5.91 Å². The summed E-state index contributed by atoms with van der Waals surface area (Å²) in [6, 6.07) is 16.2. The number of aromatic nitrogens is 1. The molecule has 1 N–H and O–H groups in total. The van der Waals surface area contributed by atoms with Crippen molar-refractivity contribution >= 4 is 16.8 Å². The number of nitrogens with zero attached hydrogens (tertiary/aromatic N) is 1. The molecule has 0 unspecified atom stereocenters. The lowest BCUT2D eigenvalue weighted by molar-refractivity contribution is -0.122. The van der Waals surface area contributed by atoms with Crippen molar-refractivity contribution in [3.05, 3.63) is 60.3 Å². The summed E-state index contributed by atoms with van der Waals surface area (Å²) in [5.74, 6) is 1.69. The molecule has 1 saturated heterocycles. The van der Waals surface area contributed by atoms with Gasteiger partial charge in [-0.15, -0.1) is 0 Å². The number of carbonyl (C=O) groups is 1. The van der Waals surface area contributed by atoms with Crippen molar-refractivity contribution in [2.75, 3.05) is 33.5 Å². The van der Waals surface area contributed by atoms with Crippen LogP contribution in [0.25, 0.3) is 10.9 Å². The highest BCUT2D eigenvalue weighted by Crippen LogP contribution is 2.35. The van der Waals surface area contributed by atoms with E-state index < -0.39 is 0 Å². The van der Waals surface area contributed by atoms with Gasteiger partial charge >= 0.3 is 0 Å². The van der Waals surface area contributed by atoms with E-state index in [0.717, 1.165) is 35.2 Å². The quantitative estimate of drug-likeness (QED) is 0.598. The largest absolute Gasteiger partial charge is 0.497 e. The van der Waals surface area contributed by atoms with E-state index in [1.54, 1.807) is 7.11 Å². The van der Waals surface area contributed by atoms with Crippen molar-refractivity contribution in [1.82, 2.24) is 9.88 Å². The van der Waals surface area contributed by atoms with Crippen molar-refractivity contribution in [2.24, 2.45) is 0 Å². The average molecular weight is 423 g/mol. The van der Waals surface area contributed by atoms with Gasteiger partial charge in [-0.05, 0) is 61.7 Å². The molecule has 2 heterocycles. The van der Waals surface area contributed by atoms with E-state index in [1.807, 2.05) is 54.1 Å². The minimum atomic E-state index is -0.120. The second-order valence-electron chi connectivity index (χ2n) is 8.00. The summed E-state index contributed by atoms with van der Waals surface area (Å²) < 4.78 is 18.5. The van der Waals surface area contributed by atoms with Crippen LogP contribution in [0.4, 0.5) is 0 Å². The highest BCUT2D eigenvalue weighted by Gasteiger charge is 2.35. The zero-order chi connectivity index (χ0) is 21.7. The number of methoxy groups -OCH3 is 1. The number of rotatable bonds is 8. The van der Waals surface area contributed by atoms with Crippen molar-refractivity contribution in [3.63, 3.8) is 0 Å². The molecule has 3 aromatic rings. The normalized spacial score (nSPS) is 15.5. The van der Waals surface area contributed by atoms with Gasteiger partial charge in [0.25, 0.3) is 0 Å². The molecule has 1 aliphatic heterocycles. The van der Waals surface area contributed by atoms with Crippen molar-refractivity contribution < 1.29 is 19.0 Å². The highest BCUT2D eigenvalue weighted by molar-refractivity contribution is 5.84. The van der Waals surface area contributed by atoms with Crippen LogP contribution in [0, 0.1) is 0 Å². The van der Waals surface area contributed by atoms with Crippen molar-refractivity contribution in [1.29, 1.82) is 0 Å². The standard InChI is InChI=1S/C25H30N2O4/c1-3-31-21-6-4-20(5-7-21)25(11-14-30-15-12-25)18-26-24(28)17-27-13-10-19-16-22(29-2)8-9-23(19)27/h4-10,13,16H,3,11-12,14-15,17-18H2,1-2H3,(H,26,28). The topological polar surface area (TPSA) is 61.7 Å². The van der Waals surface area contributed by atoms with Crippen LogP contribution in [-0.4, -0.2) is 43.9 Å². The fourth-order valence-corrected chi connectivity index (χ4v) is 4.32. The summed E-state index contributed by atoms with van der Waals surface area (Å²) >= 11 is 0. The van der Waals surface area contributed by atoms with Crippen LogP contribution in [0.2, 0.25) is 0 Å². The van der Waals surface area contributed by atoms with Gasteiger partial charge in [-0.25, -0.2) is 0 Å². The summed E-state index contributed by atoms with van der Waals surface area (Å²) in [6.45, 7) is 4.91. The first kappa shape index (κ1) is 21.2. The predicted molar refractivity (Wildman–Crippen MR) is 121 cm³/mol. The SMILES string of the molecule is CCOc1ccc(C2(CNC(=O)Cn3ccc4cc(OC)ccc43)CCOCC2)cc1. The lowest BCUT2D eigenvalue weighted by Crippen LogP contribution is -2.45. The molecule has 6 nitrogen and oxygen atoms in total. The van der Waals surface area contributed by atoms with E-state index in [4.69, 9.17) is 14.2 Å². The van der Waals surface area contributed by atoms with E-state index in [1.165, 1.54) is 5.56 Å². The number of amides is 1. The van der Waals surface area contributed by atoms with Crippen LogP contribution in [0.3, 0.4) is 0 Å². The fourth-order valence-electron chi connectivity index (χ4n) is 4.32. The molecule has 0 aliphatic carbocycles. The van der Waals surface area contributed by atoms with Gasteiger partial charge in [0, 0.05) is 42.3 Å². The Morgan fingerprint density at radius 3 is 2.55 bits per heavy atom. The van der Waals surface area contributed by atoms with Gasteiger partial charge in [0.05, 0.1) is 13.7 Å². The number of carbonyl (C=O) groups excluding carboxylic acids is 1. The smallest absolute Gasteiger partial charge is 0.239 e. The number of ether oxygens (including phenoxy) is 3. The zero-order valence-electron chi connectivity index (χ0n) is 18.2. The fraction of sp³-hybridized carbons (Fsp3) is 0.400. The Bertz CT molecular complexity index is 1020. The summed E-state index contributed by atoms with van der Waals surface area (Å²) in [6.07, 6.45) is 3.71. The first-order valence-corrected chi connectivity index (χ1v) is 10.8. The summed E-state index contributed by atoms with van der Waals surface area (Å²) in [7, 11) is 1.65. The Morgan fingerprint density at radius 2 is 1.84 bits per heavy atom. The molecule has 1 aromatic heterocycles. The molecule has 6 heteroatoms. The molecule has 0 radical (unpaired) electrons. The summed E-state index contributed by atoms with van der Waals surface area (Å²) in [5, 5.41) is 4.24. The lowest BCUT2D eigenvalue weighted by Gasteiger charge is -2.38. The number of nitrogens with one attached hydrogen (secondary N) is 1. The third kappa shape index (κ3) is 4.69. The number of hydrogen-bond donors (Lipinski definition) is 1. The Kier molecular flexibility index (Phi) is 6.47. The predicted octanol–water partition coefficient (Wildman–Crippen LogP) is 3.91. The number of benzene rings is 2. The zero-order valence-corrected chi connectivity index (χ0v) is 18.2. The van der Waals surface area contributed by atoms with Gasteiger partial charge in [-0.3, -0.25) is 4.79 Å². The van der Waals surface area contributed by atoms with Gasteiger partial charge in [-0.1, -0.05) is 12.1 Å². The maximum Gasteiger partial charge on any atom is 0.239 e. The van der Waals surface area contributed by atoms with Crippen LogP contribution < -0.4 is 14.8 Å². The van der Waals surface area contributed by atoms with Gasteiger partial charge < -0.3 is 24.1 Å². The molecule has 1 fully saturated rings. The van der Waals surface area contributed by atoms with Gasteiger partial charge in [-0.2, -0.15) is 0 Å². The van der Waals surface area contributed by atoms with Crippen LogP contribution in [0.15, 0.2) is 54.7 Å². The molecule has 4 rings (SSSR count). The number of fused-ring (bicyclic) bond motifs is 1. The average Bonchev–Trinajstić information content (AvgIpc) is 3.21. The molecule has 2 aromatic carbocycles. The van der Waals surface area contributed by atoms with Gasteiger partial charge in [0.1, 0.15) is 18.0 Å². The molecule has 164 valence electrons. The monoisotopic (exact) mass is 422 g/mol. The minimum absolute atomic E-state index is 0.00474. The Morgan fingerprint density at radius 1 is 1.10 bits per heavy atom. The van der Waals surface area contributed by atoms with Crippen molar-refractivity contribution in [3.8, 4) is 11.5 Å². The van der Waals surface area contributed by atoms with E-state index in [0.29, 0.717) is 26.4 Å². The second-order valence-corrected chi connectivity index (χ2v) is 8.00. The Hall–Kier alpha value is -2.99. The van der Waals surface area contributed by atoms with E-state index >= 15 is 0 Å². The second kappa shape index (κ2) is 9.43. The first-order chi connectivity index (χ1) is 15.1. The van der Waals surface area contributed by atoms with Crippen molar-refractivity contribution in [2.45, 2.75) is 31.7 Å². The summed E-state index contributed by atoms with van der Waals surface area (Å²) in [4.78, 5) is 12.8. The lowest BCUT2D eigenvalue weighted by atomic mass is 9.74. The number of hydrogen-bond acceptors (Lipinski definition) is 4. The Balaban J connectivity index is 1.45. The molecule has 31 heavy (non-hydrogen) atoms. The maximum absolute atomic E-state index is 12.8. The Labute approximate surface area is 183 Å². The van der Waals surface area contributed by atoms with E-state index in [2.05, 4.69) is 17.4 Å². The first-order valence-electron chi connectivity index (χ1n) is 10.8. The molecule has 0 spiro atoms. The molecule has 0 atom stereocenters.